The lowest BCUT2D eigenvalue weighted by atomic mass is 9.96. The van der Waals surface area contributed by atoms with E-state index in [2.05, 4.69) is 17.4 Å². The molecule has 102 valence electrons. The highest BCUT2D eigenvalue weighted by atomic mass is 16.5. The summed E-state index contributed by atoms with van der Waals surface area (Å²) in [6.45, 7) is 1.70. The van der Waals surface area contributed by atoms with E-state index in [9.17, 15) is 5.11 Å². The zero-order valence-electron chi connectivity index (χ0n) is 11.2. The van der Waals surface area contributed by atoms with Gasteiger partial charge in [-0.1, -0.05) is 24.3 Å². The maximum absolute atomic E-state index is 10.7. The first kappa shape index (κ1) is 11.8. The van der Waals surface area contributed by atoms with Crippen LogP contribution < -0.4 is 10.1 Å². The van der Waals surface area contributed by atoms with E-state index in [0.29, 0.717) is 0 Å². The van der Waals surface area contributed by atoms with Gasteiger partial charge in [-0.05, 0) is 35.2 Å². The average Bonchev–Trinajstić information content (AvgIpc) is 3.13. The van der Waals surface area contributed by atoms with Crippen LogP contribution in [0.2, 0.25) is 0 Å². The SMILES string of the molecule is OC(c1ccc2c(c1)CCO2)c1cccc2c1NCC2. The largest absolute Gasteiger partial charge is 0.493 e. The molecule has 0 spiro atoms. The van der Waals surface area contributed by atoms with Gasteiger partial charge in [0.25, 0.3) is 0 Å². The molecule has 0 aliphatic carbocycles. The highest BCUT2D eigenvalue weighted by Crippen LogP contribution is 2.36. The van der Waals surface area contributed by atoms with Gasteiger partial charge in [0.15, 0.2) is 0 Å². The summed E-state index contributed by atoms with van der Waals surface area (Å²) in [6.07, 6.45) is 1.39. The van der Waals surface area contributed by atoms with E-state index < -0.39 is 6.10 Å². The molecule has 0 aromatic heterocycles. The predicted octanol–water partition coefficient (Wildman–Crippen LogP) is 2.67. The molecule has 2 heterocycles. The Morgan fingerprint density at radius 3 is 3.00 bits per heavy atom. The summed E-state index contributed by atoms with van der Waals surface area (Å²) in [5.41, 5.74) is 5.51. The van der Waals surface area contributed by atoms with Crippen LogP contribution in [0.1, 0.15) is 28.4 Å². The monoisotopic (exact) mass is 267 g/mol. The Labute approximate surface area is 118 Å². The van der Waals surface area contributed by atoms with E-state index >= 15 is 0 Å². The molecule has 0 saturated heterocycles. The zero-order valence-corrected chi connectivity index (χ0v) is 11.2. The first-order valence-electron chi connectivity index (χ1n) is 7.12. The Hall–Kier alpha value is -2.00. The lowest BCUT2D eigenvalue weighted by molar-refractivity contribution is 0.221. The van der Waals surface area contributed by atoms with Crippen LogP contribution in [-0.2, 0) is 12.8 Å². The minimum absolute atomic E-state index is 0.582. The smallest absolute Gasteiger partial charge is 0.122 e. The molecule has 0 radical (unpaired) electrons. The van der Waals surface area contributed by atoms with Gasteiger partial charge < -0.3 is 15.2 Å². The molecule has 0 saturated carbocycles. The molecule has 20 heavy (non-hydrogen) atoms. The van der Waals surface area contributed by atoms with E-state index in [0.717, 1.165) is 48.6 Å². The van der Waals surface area contributed by atoms with Gasteiger partial charge in [-0.15, -0.1) is 0 Å². The minimum atomic E-state index is -0.582. The van der Waals surface area contributed by atoms with Gasteiger partial charge in [0, 0.05) is 24.2 Å². The van der Waals surface area contributed by atoms with Crippen LogP contribution in [0, 0.1) is 0 Å². The Balaban J connectivity index is 1.74. The van der Waals surface area contributed by atoms with Crippen LogP contribution in [0.25, 0.3) is 0 Å². The zero-order chi connectivity index (χ0) is 13.5. The molecule has 1 unspecified atom stereocenters. The summed E-state index contributed by atoms with van der Waals surface area (Å²) in [7, 11) is 0. The summed E-state index contributed by atoms with van der Waals surface area (Å²) in [5, 5.41) is 14.1. The quantitative estimate of drug-likeness (QED) is 0.879. The van der Waals surface area contributed by atoms with Crippen molar-refractivity contribution in [3.8, 4) is 5.75 Å². The van der Waals surface area contributed by atoms with Crippen molar-refractivity contribution in [1.82, 2.24) is 0 Å². The van der Waals surface area contributed by atoms with E-state index in [4.69, 9.17) is 4.74 Å². The van der Waals surface area contributed by atoms with Gasteiger partial charge in [-0.25, -0.2) is 0 Å². The van der Waals surface area contributed by atoms with Gasteiger partial charge in [0.05, 0.1) is 6.61 Å². The van der Waals surface area contributed by atoms with Crippen LogP contribution in [0.4, 0.5) is 5.69 Å². The maximum Gasteiger partial charge on any atom is 0.122 e. The highest BCUT2D eigenvalue weighted by molar-refractivity contribution is 5.63. The first-order valence-corrected chi connectivity index (χ1v) is 7.12. The van der Waals surface area contributed by atoms with Crippen LogP contribution in [0.3, 0.4) is 0 Å². The molecule has 0 fully saturated rings. The van der Waals surface area contributed by atoms with E-state index in [1.165, 1.54) is 11.1 Å². The number of nitrogens with one attached hydrogen (secondary N) is 1. The fraction of sp³-hybridized carbons (Fsp3) is 0.294. The van der Waals surface area contributed by atoms with Crippen LogP contribution >= 0.6 is 0 Å². The number of rotatable bonds is 2. The number of benzene rings is 2. The normalized spacial score (nSPS) is 17.1. The molecule has 2 N–H and O–H groups in total. The molecule has 3 heteroatoms. The number of hydrogen-bond acceptors (Lipinski definition) is 3. The third-order valence-corrected chi connectivity index (χ3v) is 4.20. The van der Waals surface area contributed by atoms with Crippen molar-refractivity contribution in [3.05, 3.63) is 58.7 Å². The maximum atomic E-state index is 10.7. The number of aliphatic hydroxyl groups is 1. The molecule has 1 atom stereocenters. The lowest BCUT2D eigenvalue weighted by Gasteiger charge is -2.16. The number of hydrogen-bond donors (Lipinski definition) is 2. The summed E-state index contributed by atoms with van der Waals surface area (Å²) in [5.74, 6) is 0.956. The fourth-order valence-corrected chi connectivity index (χ4v) is 3.15. The number of para-hydroxylation sites is 1. The Bertz CT molecular complexity index is 666. The van der Waals surface area contributed by atoms with Gasteiger partial charge in [0.2, 0.25) is 0 Å². The minimum Gasteiger partial charge on any atom is -0.493 e. The van der Waals surface area contributed by atoms with Crippen LogP contribution in [-0.4, -0.2) is 18.3 Å². The molecule has 2 aromatic rings. The van der Waals surface area contributed by atoms with Crippen LogP contribution in [0.5, 0.6) is 5.75 Å². The van der Waals surface area contributed by atoms with E-state index in [1.807, 2.05) is 24.3 Å². The number of aliphatic hydroxyl groups excluding tert-OH is 1. The summed E-state index contributed by atoms with van der Waals surface area (Å²) in [6, 6.07) is 12.2. The summed E-state index contributed by atoms with van der Waals surface area (Å²) in [4.78, 5) is 0. The highest BCUT2D eigenvalue weighted by Gasteiger charge is 2.21. The second-order valence-electron chi connectivity index (χ2n) is 5.43. The second kappa shape index (κ2) is 4.53. The first-order chi connectivity index (χ1) is 9.83. The molecule has 3 nitrogen and oxygen atoms in total. The van der Waals surface area contributed by atoms with Gasteiger partial charge in [-0.3, -0.25) is 0 Å². The molecule has 2 aromatic carbocycles. The third kappa shape index (κ3) is 1.78. The van der Waals surface area contributed by atoms with Crippen molar-refractivity contribution in [1.29, 1.82) is 0 Å². The summed E-state index contributed by atoms with van der Waals surface area (Å²) >= 11 is 0. The molecule has 4 rings (SSSR count). The lowest BCUT2D eigenvalue weighted by Crippen LogP contribution is -2.04. The molecule has 0 amide bonds. The predicted molar refractivity (Wildman–Crippen MR) is 78.3 cm³/mol. The van der Waals surface area contributed by atoms with E-state index in [-0.39, 0.29) is 0 Å². The van der Waals surface area contributed by atoms with Crippen molar-refractivity contribution < 1.29 is 9.84 Å². The van der Waals surface area contributed by atoms with Crippen LogP contribution in [0.15, 0.2) is 36.4 Å². The fourth-order valence-electron chi connectivity index (χ4n) is 3.15. The topological polar surface area (TPSA) is 41.5 Å². The third-order valence-electron chi connectivity index (χ3n) is 4.20. The Kier molecular flexibility index (Phi) is 2.67. The number of ether oxygens (including phenoxy) is 1. The van der Waals surface area contributed by atoms with E-state index in [1.54, 1.807) is 0 Å². The van der Waals surface area contributed by atoms with Crippen molar-refractivity contribution in [3.63, 3.8) is 0 Å². The number of anilines is 1. The van der Waals surface area contributed by atoms with Crippen molar-refractivity contribution in [2.45, 2.75) is 18.9 Å². The Morgan fingerprint density at radius 2 is 2.05 bits per heavy atom. The standard InChI is InChI=1S/C17H17NO2/c19-17(13-4-5-15-12(10-13)7-9-20-15)14-3-1-2-11-6-8-18-16(11)14/h1-5,10,17-19H,6-9H2. The molecular formula is C17H17NO2. The van der Waals surface area contributed by atoms with Crippen molar-refractivity contribution >= 4 is 5.69 Å². The Morgan fingerprint density at radius 1 is 1.10 bits per heavy atom. The number of fused-ring (bicyclic) bond motifs is 2. The molecule has 2 aliphatic heterocycles. The average molecular weight is 267 g/mol. The molecular weight excluding hydrogens is 250 g/mol. The molecule has 0 bridgehead atoms. The second-order valence-corrected chi connectivity index (χ2v) is 5.43. The van der Waals surface area contributed by atoms with Gasteiger partial charge >= 0.3 is 0 Å². The van der Waals surface area contributed by atoms with Crippen molar-refractivity contribution in [2.75, 3.05) is 18.5 Å². The van der Waals surface area contributed by atoms with Crippen molar-refractivity contribution in [2.24, 2.45) is 0 Å². The summed E-state index contributed by atoms with van der Waals surface area (Å²) < 4.78 is 5.52. The van der Waals surface area contributed by atoms with Gasteiger partial charge in [0.1, 0.15) is 11.9 Å². The molecule has 2 aliphatic rings. The van der Waals surface area contributed by atoms with Gasteiger partial charge in [-0.2, -0.15) is 0 Å².